The van der Waals surface area contributed by atoms with E-state index in [1.807, 2.05) is 13.8 Å². The van der Waals surface area contributed by atoms with Crippen molar-refractivity contribution in [2.75, 3.05) is 4.72 Å². The van der Waals surface area contributed by atoms with Crippen molar-refractivity contribution in [2.24, 2.45) is 0 Å². The zero-order chi connectivity index (χ0) is 18.6. The Bertz CT molecular complexity index is 885. The zero-order valence-electron chi connectivity index (χ0n) is 13.7. The highest BCUT2D eigenvalue weighted by Gasteiger charge is 2.17. The molecule has 1 unspecified atom stereocenters. The summed E-state index contributed by atoms with van der Waals surface area (Å²) >= 11 is 11.7. The highest BCUT2D eigenvalue weighted by Crippen LogP contribution is 2.26. The Morgan fingerprint density at radius 3 is 2.48 bits per heavy atom. The number of amides is 1. The van der Waals surface area contributed by atoms with E-state index in [2.05, 4.69) is 10.0 Å². The minimum absolute atomic E-state index is 0.0173. The molecule has 134 valence electrons. The lowest BCUT2D eigenvalue weighted by molar-refractivity contribution is 0.0939. The molecule has 0 saturated carbocycles. The lowest BCUT2D eigenvalue weighted by Crippen LogP contribution is -2.31. The molecule has 0 aromatic heterocycles. The molecular formula is C17H18Cl2N2O3S. The van der Waals surface area contributed by atoms with Crippen LogP contribution >= 0.6 is 23.2 Å². The van der Waals surface area contributed by atoms with Crippen molar-refractivity contribution in [3.8, 4) is 0 Å². The number of sulfonamides is 1. The summed E-state index contributed by atoms with van der Waals surface area (Å²) in [6.07, 6.45) is 0.801. The molecule has 2 rings (SSSR count). The summed E-state index contributed by atoms with van der Waals surface area (Å²) in [7, 11) is -3.85. The van der Waals surface area contributed by atoms with Gasteiger partial charge in [0.2, 0.25) is 0 Å². The van der Waals surface area contributed by atoms with Crippen molar-refractivity contribution in [3.63, 3.8) is 0 Å². The molecule has 1 amide bonds. The third kappa shape index (κ3) is 5.11. The third-order valence-corrected chi connectivity index (χ3v) is 5.69. The lowest BCUT2D eigenvalue weighted by Gasteiger charge is -2.13. The number of hydrogen-bond donors (Lipinski definition) is 2. The van der Waals surface area contributed by atoms with Gasteiger partial charge in [-0.2, -0.15) is 0 Å². The number of benzene rings is 2. The topological polar surface area (TPSA) is 75.3 Å². The van der Waals surface area contributed by atoms with Crippen molar-refractivity contribution in [2.45, 2.75) is 31.2 Å². The van der Waals surface area contributed by atoms with Gasteiger partial charge in [-0.25, -0.2) is 8.42 Å². The summed E-state index contributed by atoms with van der Waals surface area (Å²) in [4.78, 5) is 12.1. The first-order valence-corrected chi connectivity index (χ1v) is 9.85. The molecule has 1 atom stereocenters. The van der Waals surface area contributed by atoms with Crippen molar-refractivity contribution in [3.05, 3.63) is 58.1 Å². The molecule has 5 nitrogen and oxygen atoms in total. The summed E-state index contributed by atoms with van der Waals surface area (Å²) in [6, 6.07) is 10.3. The average molecular weight is 401 g/mol. The molecular weight excluding hydrogens is 383 g/mol. The van der Waals surface area contributed by atoms with Crippen molar-refractivity contribution >= 4 is 44.8 Å². The monoisotopic (exact) mass is 400 g/mol. The third-order valence-electron chi connectivity index (χ3n) is 3.57. The fourth-order valence-corrected chi connectivity index (χ4v) is 3.43. The SMILES string of the molecule is CCC(C)NC(=O)c1cccc(NS(=O)(=O)c2ccc(Cl)c(Cl)c2)c1. The van der Waals surface area contributed by atoms with Gasteiger partial charge < -0.3 is 5.32 Å². The maximum absolute atomic E-state index is 12.5. The Labute approximate surface area is 157 Å². The van der Waals surface area contributed by atoms with E-state index < -0.39 is 10.0 Å². The van der Waals surface area contributed by atoms with E-state index in [9.17, 15) is 13.2 Å². The summed E-state index contributed by atoms with van der Waals surface area (Å²) in [6.45, 7) is 3.86. The molecule has 25 heavy (non-hydrogen) atoms. The fourth-order valence-electron chi connectivity index (χ4n) is 1.99. The second kappa shape index (κ2) is 8.08. The van der Waals surface area contributed by atoms with Crippen molar-refractivity contribution in [1.29, 1.82) is 0 Å². The smallest absolute Gasteiger partial charge is 0.261 e. The van der Waals surface area contributed by atoms with Gasteiger partial charge in [0.05, 0.1) is 14.9 Å². The van der Waals surface area contributed by atoms with Crippen LogP contribution in [0.3, 0.4) is 0 Å². The largest absolute Gasteiger partial charge is 0.350 e. The van der Waals surface area contributed by atoms with Crippen LogP contribution in [-0.2, 0) is 10.0 Å². The second-order valence-electron chi connectivity index (χ2n) is 5.54. The Balaban J connectivity index is 2.23. The van der Waals surface area contributed by atoms with Gasteiger partial charge in [-0.15, -0.1) is 0 Å². The summed E-state index contributed by atoms with van der Waals surface area (Å²) < 4.78 is 27.3. The van der Waals surface area contributed by atoms with E-state index in [4.69, 9.17) is 23.2 Å². The quantitative estimate of drug-likeness (QED) is 0.757. The standard InChI is InChI=1S/C17H18Cl2N2O3S/c1-3-11(2)20-17(22)12-5-4-6-13(9-12)21-25(23,24)14-7-8-15(18)16(19)10-14/h4-11,21H,3H2,1-2H3,(H,20,22). The van der Waals surface area contributed by atoms with Crippen LogP contribution in [0, 0.1) is 0 Å². The van der Waals surface area contributed by atoms with Crippen LogP contribution in [-0.4, -0.2) is 20.4 Å². The van der Waals surface area contributed by atoms with Crippen LogP contribution in [0.25, 0.3) is 0 Å². The number of carbonyl (C=O) groups excluding carboxylic acids is 1. The number of rotatable bonds is 6. The molecule has 0 fully saturated rings. The zero-order valence-corrected chi connectivity index (χ0v) is 16.0. The van der Waals surface area contributed by atoms with Gasteiger partial charge in [0.15, 0.2) is 0 Å². The van der Waals surface area contributed by atoms with E-state index in [-0.39, 0.29) is 32.6 Å². The van der Waals surface area contributed by atoms with Crippen LogP contribution < -0.4 is 10.0 Å². The molecule has 2 aromatic carbocycles. The number of hydrogen-bond acceptors (Lipinski definition) is 3. The lowest BCUT2D eigenvalue weighted by atomic mass is 10.1. The number of carbonyl (C=O) groups is 1. The maximum atomic E-state index is 12.5. The van der Waals surface area contributed by atoms with Crippen molar-refractivity contribution < 1.29 is 13.2 Å². The first-order chi connectivity index (χ1) is 11.7. The predicted molar refractivity (Wildman–Crippen MR) is 101 cm³/mol. The molecule has 2 aromatic rings. The van der Waals surface area contributed by atoms with Crippen LogP contribution in [0.15, 0.2) is 47.4 Å². The Hall–Kier alpha value is -1.76. The van der Waals surface area contributed by atoms with Gasteiger partial charge in [-0.1, -0.05) is 36.2 Å². The molecule has 8 heteroatoms. The molecule has 0 spiro atoms. The van der Waals surface area contributed by atoms with Gasteiger partial charge in [-0.05, 0) is 49.7 Å². The minimum atomic E-state index is -3.85. The fraction of sp³-hybridized carbons (Fsp3) is 0.235. The highest BCUT2D eigenvalue weighted by atomic mass is 35.5. The summed E-state index contributed by atoms with van der Waals surface area (Å²) in [5.74, 6) is -0.259. The molecule has 0 radical (unpaired) electrons. The normalized spacial score (nSPS) is 12.5. The first kappa shape index (κ1) is 19.6. The Kier molecular flexibility index (Phi) is 6.32. The summed E-state index contributed by atoms with van der Waals surface area (Å²) in [5.41, 5.74) is 0.650. The van der Waals surface area contributed by atoms with Crippen LogP contribution in [0.1, 0.15) is 30.6 Å². The molecule has 2 N–H and O–H groups in total. The van der Waals surface area contributed by atoms with Gasteiger partial charge >= 0.3 is 0 Å². The van der Waals surface area contributed by atoms with Gasteiger partial charge in [0, 0.05) is 17.3 Å². The van der Waals surface area contributed by atoms with Gasteiger partial charge in [0.25, 0.3) is 15.9 Å². The van der Waals surface area contributed by atoms with E-state index in [1.54, 1.807) is 18.2 Å². The van der Waals surface area contributed by atoms with Crippen LogP contribution in [0.4, 0.5) is 5.69 Å². The minimum Gasteiger partial charge on any atom is -0.350 e. The molecule has 0 aliphatic heterocycles. The predicted octanol–water partition coefficient (Wildman–Crippen LogP) is 4.32. The van der Waals surface area contributed by atoms with Crippen LogP contribution in [0.5, 0.6) is 0 Å². The van der Waals surface area contributed by atoms with Crippen molar-refractivity contribution in [1.82, 2.24) is 5.32 Å². The van der Waals surface area contributed by atoms with E-state index in [0.717, 1.165) is 6.42 Å². The number of halogens is 2. The van der Waals surface area contributed by atoms with E-state index in [1.165, 1.54) is 24.3 Å². The molecule has 0 heterocycles. The maximum Gasteiger partial charge on any atom is 0.261 e. The van der Waals surface area contributed by atoms with Crippen LogP contribution in [0.2, 0.25) is 10.0 Å². The molecule has 0 bridgehead atoms. The number of nitrogens with one attached hydrogen (secondary N) is 2. The highest BCUT2D eigenvalue weighted by molar-refractivity contribution is 7.92. The van der Waals surface area contributed by atoms with Gasteiger partial charge in [0.1, 0.15) is 0 Å². The average Bonchev–Trinajstić information content (AvgIpc) is 2.56. The molecule has 0 aliphatic carbocycles. The molecule has 0 aliphatic rings. The van der Waals surface area contributed by atoms with Gasteiger partial charge in [-0.3, -0.25) is 9.52 Å². The van der Waals surface area contributed by atoms with E-state index >= 15 is 0 Å². The molecule has 0 saturated heterocycles. The first-order valence-electron chi connectivity index (χ1n) is 7.61. The Morgan fingerprint density at radius 2 is 1.84 bits per heavy atom. The van der Waals surface area contributed by atoms with E-state index in [0.29, 0.717) is 5.56 Å². The second-order valence-corrected chi connectivity index (χ2v) is 8.04. The number of anilines is 1. The Morgan fingerprint density at radius 1 is 1.12 bits per heavy atom. The summed E-state index contributed by atoms with van der Waals surface area (Å²) in [5, 5.41) is 3.25.